The molecule has 0 spiro atoms. The van der Waals surface area contributed by atoms with E-state index in [4.69, 9.17) is 0 Å². The van der Waals surface area contributed by atoms with Crippen molar-refractivity contribution in [2.24, 2.45) is 0 Å². The molecule has 1 aromatic carbocycles. The molecule has 1 heterocycles. The van der Waals surface area contributed by atoms with E-state index in [-0.39, 0.29) is 10.8 Å². The van der Waals surface area contributed by atoms with E-state index in [0.717, 1.165) is 4.47 Å². The number of benzene rings is 1. The number of hydrogen-bond acceptors (Lipinski definition) is 6. The summed E-state index contributed by atoms with van der Waals surface area (Å²) in [6, 6.07) is 5.56. The van der Waals surface area contributed by atoms with E-state index in [9.17, 15) is 13.2 Å². The highest BCUT2D eigenvalue weighted by atomic mass is 32.2. The quantitative estimate of drug-likeness (QED) is 0.842. The highest BCUT2D eigenvalue weighted by Crippen LogP contribution is 2.17. The molecule has 0 unspecified atom stereocenters. The van der Waals surface area contributed by atoms with Crippen molar-refractivity contribution < 1.29 is 18.0 Å². The Morgan fingerprint density at radius 2 is 2.00 bits per heavy atom. The standard InChI is InChI=1S/C12H13N3O4S2/c1-15(19-2)21(17,18)10-5-3-9(4-6-10)11(16)14-12-13-7-8-20-12/h3-8H,1-2H3,(H,13,14,16). The van der Waals surface area contributed by atoms with E-state index in [0.29, 0.717) is 10.7 Å². The van der Waals surface area contributed by atoms with Gasteiger partial charge >= 0.3 is 0 Å². The van der Waals surface area contributed by atoms with E-state index in [1.807, 2.05) is 0 Å². The van der Waals surface area contributed by atoms with Gasteiger partial charge in [-0.3, -0.25) is 14.9 Å². The van der Waals surface area contributed by atoms with Gasteiger partial charge in [-0.05, 0) is 24.3 Å². The number of nitrogens with one attached hydrogen (secondary N) is 1. The van der Waals surface area contributed by atoms with Crippen molar-refractivity contribution in [3.05, 3.63) is 41.4 Å². The van der Waals surface area contributed by atoms with Gasteiger partial charge in [-0.2, -0.15) is 0 Å². The number of anilines is 1. The number of carbonyl (C=O) groups excluding carboxylic acids is 1. The summed E-state index contributed by atoms with van der Waals surface area (Å²) in [7, 11) is -1.16. The lowest BCUT2D eigenvalue weighted by Crippen LogP contribution is -2.25. The van der Waals surface area contributed by atoms with Gasteiger partial charge in [0.25, 0.3) is 15.9 Å². The lowest BCUT2D eigenvalue weighted by atomic mass is 10.2. The molecule has 2 rings (SSSR count). The first-order valence-electron chi connectivity index (χ1n) is 5.79. The number of aromatic nitrogens is 1. The molecular weight excluding hydrogens is 314 g/mol. The average molecular weight is 327 g/mol. The zero-order valence-electron chi connectivity index (χ0n) is 11.3. The maximum absolute atomic E-state index is 12.0. The Bertz CT molecular complexity index is 711. The van der Waals surface area contributed by atoms with Crippen LogP contribution in [0.3, 0.4) is 0 Å². The lowest BCUT2D eigenvalue weighted by molar-refractivity contribution is -0.0258. The first-order valence-corrected chi connectivity index (χ1v) is 8.11. The second-order valence-electron chi connectivity index (χ2n) is 3.91. The van der Waals surface area contributed by atoms with E-state index in [1.165, 1.54) is 49.8 Å². The first kappa shape index (κ1) is 15.6. The molecule has 1 amide bonds. The first-order chi connectivity index (χ1) is 9.95. The van der Waals surface area contributed by atoms with Crippen molar-refractivity contribution in [3.8, 4) is 0 Å². The summed E-state index contributed by atoms with van der Waals surface area (Å²) in [5.74, 6) is -0.353. The molecule has 21 heavy (non-hydrogen) atoms. The van der Waals surface area contributed by atoms with Crippen molar-refractivity contribution in [1.82, 2.24) is 9.45 Å². The van der Waals surface area contributed by atoms with Crippen LogP contribution in [0.25, 0.3) is 0 Å². The second-order valence-corrected chi connectivity index (χ2v) is 6.74. The van der Waals surface area contributed by atoms with Gasteiger partial charge in [-0.1, -0.05) is 4.47 Å². The summed E-state index contributed by atoms with van der Waals surface area (Å²) in [5, 5.41) is 4.84. The highest BCUT2D eigenvalue weighted by Gasteiger charge is 2.21. The minimum Gasteiger partial charge on any atom is -0.298 e. The minimum absolute atomic E-state index is 0.0395. The molecular formula is C12H13N3O4S2. The monoisotopic (exact) mass is 327 g/mol. The average Bonchev–Trinajstić information content (AvgIpc) is 2.99. The third-order valence-corrected chi connectivity index (χ3v) is 5.05. The maximum Gasteiger partial charge on any atom is 0.264 e. The normalized spacial score (nSPS) is 11.6. The molecule has 0 radical (unpaired) electrons. The van der Waals surface area contributed by atoms with Crippen LogP contribution in [0.15, 0.2) is 40.7 Å². The molecule has 0 aliphatic rings. The molecule has 112 valence electrons. The summed E-state index contributed by atoms with van der Waals surface area (Å²) in [6.45, 7) is 0. The van der Waals surface area contributed by atoms with Crippen LogP contribution < -0.4 is 5.32 Å². The number of hydrogen-bond donors (Lipinski definition) is 1. The van der Waals surface area contributed by atoms with Crippen LogP contribution >= 0.6 is 11.3 Å². The number of amides is 1. The molecule has 1 aromatic heterocycles. The summed E-state index contributed by atoms with van der Waals surface area (Å²) in [6.07, 6.45) is 1.58. The minimum atomic E-state index is -3.71. The predicted molar refractivity (Wildman–Crippen MR) is 78.5 cm³/mol. The molecule has 0 atom stereocenters. The third-order valence-electron chi connectivity index (χ3n) is 2.66. The Hall–Kier alpha value is -1.81. The molecule has 0 fully saturated rings. The van der Waals surface area contributed by atoms with E-state index >= 15 is 0 Å². The largest absolute Gasteiger partial charge is 0.298 e. The van der Waals surface area contributed by atoms with Gasteiger partial charge in [0.15, 0.2) is 5.13 Å². The number of sulfonamides is 1. The van der Waals surface area contributed by atoms with E-state index < -0.39 is 10.0 Å². The molecule has 9 heteroatoms. The van der Waals surface area contributed by atoms with Gasteiger partial charge in [0.1, 0.15) is 0 Å². The third kappa shape index (κ3) is 3.45. The Labute approximate surface area is 126 Å². The van der Waals surface area contributed by atoms with Crippen molar-refractivity contribution in [2.45, 2.75) is 4.90 Å². The van der Waals surface area contributed by atoms with Crippen molar-refractivity contribution >= 4 is 32.4 Å². The van der Waals surface area contributed by atoms with Crippen LogP contribution in [-0.2, 0) is 14.9 Å². The van der Waals surface area contributed by atoms with Gasteiger partial charge < -0.3 is 0 Å². The smallest absolute Gasteiger partial charge is 0.264 e. The Morgan fingerprint density at radius 1 is 1.33 bits per heavy atom. The topological polar surface area (TPSA) is 88.6 Å². The van der Waals surface area contributed by atoms with Gasteiger partial charge in [-0.25, -0.2) is 13.4 Å². The SMILES string of the molecule is CON(C)S(=O)(=O)c1ccc(C(=O)Nc2nccs2)cc1. The Kier molecular flexibility index (Phi) is 4.68. The van der Waals surface area contributed by atoms with Crippen LogP contribution in [0.5, 0.6) is 0 Å². The number of thiazole rings is 1. The van der Waals surface area contributed by atoms with Crippen LogP contribution in [0.4, 0.5) is 5.13 Å². The molecule has 0 aliphatic heterocycles. The molecule has 0 aliphatic carbocycles. The zero-order valence-corrected chi connectivity index (χ0v) is 12.9. The van der Waals surface area contributed by atoms with Crippen LogP contribution in [0, 0.1) is 0 Å². The van der Waals surface area contributed by atoms with Gasteiger partial charge in [0.2, 0.25) is 0 Å². The molecule has 2 aromatic rings. The van der Waals surface area contributed by atoms with Crippen LogP contribution in [-0.4, -0.2) is 37.9 Å². The van der Waals surface area contributed by atoms with Gasteiger partial charge in [0.05, 0.1) is 12.0 Å². The predicted octanol–water partition coefficient (Wildman–Crippen LogP) is 1.58. The molecule has 0 saturated heterocycles. The maximum atomic E-state index is 12.0. The van der Waals surface area contributed by atoms with Crippen LogP contribution in [0.1, 0.15) is 10.4 Å². The fourth-order valence-corrected chi connectivity index (χ4v) is 2.98. The molecule has 7 nitrogen and oxygen atoms in total. The summed E-state index contributed by atoms with van der Waals surface area (Å²) >= 11 is 1.30. The van der Waals surface area contributed by atoms with Crippen molar-refractivity contribution in [2.75, 3.05) is 19.5 Å². The highest BCUT2D eigenvalue weighted by molar-refractivity contribution is 7.89. The van der Waals surface area contributed by atoms with Gasteiger partial charge in [0, 0.05) is 24.2 Å². The van der Waals surface area contributed by atoms with Crippen LogP contribution in [0.2, 0.25) is 0 Å². The lowest BCUT2D eigenvalue weighted by Gasteiger charge is -2.14. The summed E-state index contributed by atoms with van der Waals surface area (Å²) < 4.78 is 24.7. The number of nitrogens with zero attached hydrogens (tertiary/aromatic N) is 2. The summed E-state index contributed by atoms with van der Waals surface area (Å²) in [4.78, 5) is 20.6. The summed E-state index contributed by atoms with van der Waals surface area (Å²) in [5.41, 5.74) is 0.337. The van der Waals surface area contributed by atoms with Gasteiger partial charge in [-0.15, -0.1) is 11.3 Å². The fraction of sp³-hybridized carbons (Fsp3) is 0.167. The number of carbonyl (C=O) groups is 1. The second kappa shape index (κ2) is 6.31. The molecule has 0 bridgehead atoms. The van der Waals surface area contributed by atoms with Crippen molar-refractivity contribution in [3.63, 3.8) is 0 Å². The van der Waals surface area contributed by atoms with E-state index in [1.54, 1.807) is 11.6 Å². The fourth-order valence-electron chi connectivity index (χ4n) is 1.48. The molecule has 0 saturated carbocycles. The number of hydroxylamine groups is 1. The van der Waals surface area contributed by atoms with E-state index in [2.05, 4.69) is 15.1 Å². The Balaban J connectivity index is 2.17. The number of rotatable bonds is 5. The molecule has 1 N–H and O–H groups in total. The Morgan fingerprint density at radius 3 is 2.52 bits per heavy atom. The zero-order chi connectivity index (χ0) is 15.5. The van der Waals surface area contributed by atoms with Crippen molar-refractivity contribution in [1.29, 1.82) is 0 Å².